The lowest BCUT2D eigenvalue weighted by molar-refractivity contribution is 0.0697. The Hall–Kier alpha value is -2.15. The zero-order valence-corrected chi connectivity index (χ0v) is 10.7. The molecule has 0 amide bonds. The number of hydrogen-bond acceptors (Lipinski definition) is 5. The molecule has 2 rings (SSSR count). The van der Waals surface area contributed by atoms with E-state index in [4.69, 9.17) is 10.8 Å². The van der Waals surface area contributed by atoms with Crippen LogP contribution in [0.5, 0.6) is 0 Å². The lowest BCUT2D eigenvalue weighted by Crippen LogP contribution is -2.07. The predicted octanol–water partition coefficient (Wildman–Crippen LogP) is 2.26. The van der Waals surface area contributed by atoms with Crippen molar-refractivity contribution in [1.29, 1.82) is 0 Å². The SMILES string of the molecule is Nc1nnc(Nc2cccc(Br)c2)cc1C(=O)O. The summed E-state index contributed by atoms with van der Waals surface area (Å²) in [6.07, 6.45) is 0. The summed E-state index contributed by atoms with van der Waals surface area (Å²) in [5, 5.41) is 19.2. The second kappa shape index (κ2) is 5.01. The maximum Gasteiger partial charge on any atom is 0.339 e. The van der Waals surface area contributed by atoms with Crippen molar-refractivity contribution in [2.75, 3.05) is 11.1 Å². The van der Waals surface area contributed by atoms with Gasteiger partial charge in [-0.2, -0.15) is 0 Å². The van der Waals surface area contributed by atoms with Crippen LogP contribution in [0.15, 0.2) is 34.8 Å². The second-order valence-electron chi connectivity index (χ2n) is 3.47. The summed E-state index contributed by atoms with van der Waals surface area (Å²) in [6.45, 7) is 0. The van der Waals surface area contributed by atoms with Gasteiger partial charge in [0.15, 0.2) is 11.6 Å². The molecule has 1 aromatic carbocycles. The summed E-state index contributed by atoms with van der Waals surface area (Å²) in [7, 11) is 0. The van der Waals surface area contributed by atoms with Gasteiger partial charge in [-0.3, -0.25) is 0 Å². The van der Waals surface area contributed by atoms with Gasteiger partial charge >= 0.3 is 5.97 Å². The molecular weight excluding hydrogens is 300 g/mol. The van der Waals surface area contributed by atoms with Crippen molar-refractivity contribution >= 4 is 39.2 Å². The number of hydrogen-bond donors (Lipinski definition) is 3. The molecule has 0 fully saturated rings. The van der Waals surface area contributed by atoms with E-state index < -0.39 is 5.97 Å². The number of halogens is 1. The molecule has 6 nitrogen and oxygen atoms in total. The Kier molecular flexibility index (Phi) is 3.42. The molecule has 92 valence electrons. The molecule has 0 aliphatic carbocycles. The summed E-state index contributed by atoms with van der Waals surface area (Å²) in [6, 6.07) is 8.71. The van der Waals surface area contributed by atoms with Crippen LogP contribution in [-0.2, 0) is 0 Å². The molecule has 18 heavy (non-hydrogen) atoms. The van der Waals surface area contributed by atoms with E-state index in [2.05, 4.69) is 31.4 Å². The molecule has 0 spiro atoms. The van der Waals surface area contributed by atoms with Crippen molar-refractivity contribution in [2.45, 2.75) is 0 Å². The molecule has 2 aromatic rings. The second-order valence-corrected chi connectivity index (χ2v) is 4.38. The number of anilines is 3. The fourth-order valence-electron chi connectivity index (χ4n) is 1.35. The molecule has 0 unspecified atom stereocenters. The number of aromatic nitrogens is 2. The highest BCUT2D eigenvalue weighted by molar-refractivity contribution is 9.10. The molecule has 0 saturated heterocycles. The molecule has 1 aromatic heterocycles. The molecular formula is C11H9BrN4O2. The third kappa shape index (κ3) is 2.75. The maximum atomic E-state index is 10.9. The van der Waals surface area contributed by atoms with E-state index in [9.17, 15) is 4.79 Å². The van der Waals surface area contributed by atoms with Gasteiger partial charge in [-0.05, 0) is 18.2 Å². The van der Waals surface area contributed by atoms with Crippen molar-refractivity contribution in [2.24, 2.45) is 0 Å². The zero-order chi connectivity index (χ0) is 13.1. The number of benzene rings is 1. The lowest BCUT2D eigenvalue weighted by Gasteiger charge is -2.06. The normalized spacial score (nSPS) is 10.1. The Balaban J connectivity index is 2.30. The van der Waals surface area contributed by atoms with Gasteiger partial charge in [0.2, 0.25) is 0 Å². The Morgan fingerprint density at radius 1 is 1.33 bits per heavy atom. The first-order valence-corrected chi connectivity index (χ1v) is 5.74. The summed E-state index contributed by atoms with van der Waals surface area (Å²) in [5.74, 6) is -0.929. The Labute approximate surface area is 111 Å². The third-order valence-electron chi connectivity index (χ3n) is 2.15. The van der Waals surface area contributed by atoms with Crippen LogP contribution in [-0.4, -0.2) is 21.3 Å². The van der Waals surface area contributed by atoms with Crippen LogP contribution in [0.25, 0.3) is 0 Å². The minimum Gasteiger partial charge on any atom is -0.478 e. The summed E-state index contributed by atoms with van der Waals surface area (Å²) in [5.41, 5.74) is 6.10. The van der Waals surface area contributed by atoms with Crippen LogP contribution in [0.2, 0.25) is 0 Å². The quantitative estimate of drug-likeness (QED) is 0.804. The lowest BCUT2D eigenvalue weighted by atomic mass is 10.2. The van der Waals surface area contributed by atoms with Crippen LogP contribution in [0.4, 0.5) is 17.3 Å². The topological polar surface area (TPSA) is 101 Å². The average Bonchev–Trinajstić information content (AvgIpc) is 2.31. The maximum absolute atomic E-state index is 10.9. The van der Waals surface area contributed by atoms with Gasteiger partial charge in [-0.1, -0.05) is 22.0 Å². The monoisotopic (exact) mass is 308 g/mol. The van der Waals surface area contributed by atoms with Gasteiger partial charge in [-0.15, -0.1) is 10.2 Å². The van der Waals surface area contributed by atoms with Crippen molar-refractivity contribution in [3.8, 4) is 0 Å². The van der Waals surface area contributed by atoms with Crippen molar-refractivity contribution in [3.63, 3.8) is 0 Å². The molecule has 7 heteroatoms. The predicted molar refractivity (Wildman–Crippen MR) is 70.8 cm³/mol. The standard InChI is InChI=1S/C11H9BrN4O2/c12-6-2-1-3-7(4-6)14-9-5-8(11(17)18)10(13)16-15-9/h1-5H,(H2,13,16)(H,14,15)(H,17,18). The highest BCUT2D eigenvalue weighted by atomic mass is 79.9. The first kappa shape index (κ1) is 12.3. The number of nitrogens with two attached hydrogens (primary N) is 1. The molecule has 0 bridgehead atoms. The Bertz CT molecular complexity index is 603. The molecule has 1 heterocycles. The van der Waals surface area contributed by atoms with Gasteiger partial charge in [0.05, 0.1) is 0 Å². The minimum atomic E-state index is -1.14. The minimum absolute atomic E-state index is 0.0810. The van der Waals surface area contributed by atoms with Gasteiger partial charge in [0.1, 0.15) is 5.56 Å². The number of nitrogens with one attached hydrogen (secondary N) is 1. The first-order valence-electron chi connectivity index (χ1n) is 4.95. The van der Waals surface area contributed by atoms with E-state index in [1.54, 1.807) is 0 Å². The number of carboxylic acids is 1. The van der Waals surface area contributed by atoms with Crippen LogP contribution < -0.4 is 11.1 Å². The number of aromatic carboxylic acids is 1. The number of carboxylic acid groups (broad SMARTS) is 1. The average molecular weight is 309 g/mol. The summed E-state index contributed by atoms with van der Waals surface area (Å²) >= 11 is 3.33. The van der Waals surface area contributed by atoms with Crippen LogP contribution in [0.1, 0.15) is 10.4 Å². The molecule has 0 radical (unpaired) electrons. The van der Waals surface area contributed by atoms with Crippen molar-refractivity contribution in [3.05, 3.63) is 40.4 Å². The third-order valence-corrected chi connectivity index (χ3v) is 2.64. The van der Waals surface area contributed by atoms with E-state index in [1.807, 2.05) is 24.3 Å². The largest absolute Gasteiger partial charge is 0.478 e. The fraction of sp³-hybridized carbons (Fsp3) is 0. The summed E-state index contributed by atoms with van der Waals surface area (Å²) < 4.78 is 0.898. The van der Waals surface area contributed by atoms with E-state index in [1.165, 1.54) is 6.07 Å². The van der Waals surface area contributed by atoms with Gasteiger partial charge < -0.3 is 16.2 Å². The van der Waals surface area contributed by atoms with E-state index >= 15 is 0 Å². The molecule has 0 aliphatic rings. The highest BCUT2D eigenvalue weighted by Crippen LogP contribution is 2.20. The molecule has 4 N–H and O–H groups in total. The Morgan fingerprint density at radius 3 is 2.78 bits per heavy atom. The highest BCUT2D eigenvalue weighted by Gasteiger charge is 2.11. The van der Waals surface area contributed by atoms with Crippen molar-refractivity contribution < 1.29 is 9.90 Å². The fourth-order valence-corrected chi connectivity index (χ4v) is 1.75. The number of nitrogen functional groups attached to an aromatic ring is 1. The number of carbonyl (C=O) groups is 1. The molecule has 0 atom stereocenters. The van der Waals surface area contributed by atoms with E-state index in [0.717, 1.165) is 10.2 Å². The smallest absolute Gasteiger partial charge is 0.339 e. The van der Waals surface area contributed by atoms with Gasteiger partial charge in [0, 0.05) is 16.2 Å². The summed E-state index contributed by atoms with van der Waals surface area (Å²) in [4.78, 5) is 10.9. The Morgan fingerprint density at radius 2 is 2.11 bits per heavy atom. The number of nitrogens with zero attached hydrogens (tertiary/aromatic N) is 2. The van der Waals surface area contributed by atoms with Crippen LogP contribution in [0.3, 0.4) is 0 Å². The molecule has 0 aliphatic heterocycles. The van der Waals surface area contributed by atoms with Crippen LogP contribution in [0, 0.1) is 0 Å². The van der Waals surface area contributed by atoms with Crippen LogP contribution >= 0.6 is 15.9 Å². The van der Waals surface area contributed by atoms with E-state index in [0.29, 0.717) is 5.82 Å². The number of rotatable bonds is 3. The van der Waals surface area contributed by atoms with Gasteiger partial charge in [0.25, 0.3) is 0 Å². The van der Waals surface area contributed by atoms with Crippen molar-refractivity contribution in [1.82, 2.24) is 10.2 Å². The van der Waals surface area contributed by atoms with Gasteiger partial charge in [-0.25, -0.2) is 4.79 Å². The van der Waals surface area contributed by atoms with E-state index in [-0.39, 0.29) is 11.4 Å². The molecule has 0 saturated carbocycles. The first-order chi connectivity index (χ1) is 8.56. The zero-order valence-electron chi connectivity index (χ0n) is 9.09.